The summed E-state index contributed by atoms with van der Waals surface area (Å²) in [7, 11) is 1.47. The third-order valence-corrected chi connectivity index (χ3v) is 5.34. The minimum Gasteiger partial charge on any atom is -0.497 e. The number of methoxy groups -OCH3 is 1. The lowest BCUT2D eigenvalue weighted by Crippen LogP contribution is -2.50. The molecule has 0 spiro atoms. The zero-order valence-corrected chi connectivity index (χ0v) is 17.2. The van der Waals surface area contributed by atoms with Gasteiger partial charge in [-0.3, -0.25) is 9.59 Å². The molecule has 0 radical (unpaired) electrons. The number of carbonyl (C=O) groups is 2. The molecule has 1 aliphatic carbocycles. The van der Waals surface area contributed by atoms with E-state index in [4.69, 9.17) is 9.15 Å². The standard InChI is InChI=1S/C22H25F3N2O4/c1-30-17-11-9-15(10-12-17)14-27(21(29)22(23,24)25)19(18-8-5-13-31-18)20(28)26-16-6-3-2-4-7-16/h5,8-13,16,19H,2-4,6-7,14H2,1H3,(H,26,28)/t19-/m1/s1. The predicted octanol–water partition coefficient (Wildman–Crippen LogP) is 4.37. The maximum absolute atomic E-state index is 13.5. The first kappa shape index (κ1) is 22.7. The second-order valence-corrected chi connectivity index (χ2v) is 7.54. The van der Waals surface area contributed by atoms with Gasteiger partial charge in [-0.25, -0.2) is 0 Å². The number of alkyl halides is 3. The Bertz CT molecular complexity index is 860. The molecule has 0 unspecified atom stereocenters. The zero-order chi connectivity index (χ0) is 22.4. The third-order valence-electron chi connectivity index (χ3n) is 5.34. The van der Waals surface area contributed by atoms with Crippen LogP contribution < -0.4 is 10.1 Å². The molecule has 0 aliphatic heterocycles. The van der Waals surface area contributed by atoms with E-state index in [9.17, 15) is 22.8 Å². The molecule has 1 heterocycles. The van der Waals surface area contributed by atoms with Crippen LogP contribution in [0.2, 0.25) is 0 Å². The van der Waals surface area contributed by atoms with Gasteiger partial charge in [-0.2, -0.15) is 13.2 Å². The summed E-state index contributed by atoms with van der Waals surface area (Å²) in [5, 5.41) is 2.82. The van der Waals surface area contributed by atoms with Crippen molar-refractivity contribution < 1.29 is 31.9 Å². The van der Waals surface area contributed by atoms with Gasteiger partial charge in [0.15, 0.2) is 6.04 Å². The molecule has 3 rings (SSSR count). The Morgan fingerprint density at radius 1 is 1.16 bits per heavy atom. The second kappa shape index (κ2) is 9.89. The van der Waals surface area contributed by atoms with Crippen LogP contribution in [0.3, 0.4) is 0 Å². The number of benzene rings is 1. The molecule has 2 aromatic rings. The van der Waals surface area contributed by atoms with Gasteiger partial charge in [0.1, 0.15) is 11.5 Å². The summed E-state index contributed by atoms with van der Waals surface area (Å²) in [5.41, 5.74) is 0.417. The van der Waals surface area contributed by atoms with Crippen molar-refractivity contribution in [2.45, 2.75) is 56.9 Å². The van der Waals surface area contributed by atoms with E-state index in [2.05, 4.69) is 5.32 Å². The average Bonchev–Trinajstić information content (AvgIpc) is 3.27. The summed E-state index contributed by atoms with van der Waals surface area (Å²) in [5.74, 6) is -2.30. The zero-order valence-electron chi connectivity index (χ0n) is 17.2. The first-order chi connectivity index (χ1) is 14.8. The van der Waals surface area contributed by atoms with Crippen molar-refractivity contribution in [2.75, 3.05) is 7.11 Å². The average molecular weight is 438 g/mol. The maximum Gasteiger partial charge on any atom is 0.471 e. The van der Waals surface area contributed by atoms with E-state index in [0.717, 1.165) is 32.1 Å². The molecule has 31 heavy (non-hydrogen) atoms. The molecule has 0 saturated heterocycles. The van der Waals surface area contributed by atoms with Gasteiger partial charge in [0.05, 0.1) is 13.4 Å². The van der Waals surface area contributed by atoms with Crippen LogP contribution in [0.25, 0.3) is 0 Å². The lowest BCUT2D eigenvalue weighted by Gasteiger charge is -2.32. The van der Waals surface area contributed by atoms with Crippen molar-refractivity contribution in [3.05, 3.63) is 54.0 Å². The summed E-state index contributed by atoms with van der Waals surface area (Å²) in [4.78, 5) is 26.0. The molecule has 6 nitrogen and oxygen atoms in total. The first-order valence-corrected chi connectivity index (χ1v) is 10.1. The van der Waals surface area contributed by atoms with E-state index in [1.165, 1.54) is 25.5 Å². The van der Waals surface area contributed by atoms with Crippen LogP contribution >= 0.6 is 0 Å². The van der Waals surface area contributed by atoms with Crippen LogP contribution in [0.5, 0.6) is 5.75 Å². The number of rotatable bonds is 7. The van der Waals surface area contributed by atoms with E-state index in [0.29, 0.717) is 16.2 Å². The predicted molar refractivity (Wildman–Crippen MR) is 106 cm³/mol. The molecule has 1 saturated carbocycles. The number of furan rings is 1. The molecule has 1 aliphatic rings. The molecule has 1 aromatic carbocycles. The summed E-state index contributed by atoms with van der Waals surface area (Å²) >= 11 is 0. The van der Waals surface area contributed by atoms with Gasteiger partial charge in [-0.15, -0.1) is 0 Å². The molecule has 1 aromatic heterocycles. The Balaban J connectivity index is 1.93. The Morgan fingerprint density at radius 3 is 2.39 bits per heavy atom. The number of nitrogens with one attached hydrogen (secondary N) is 1. The van der Waals surface area contributed by atoms with Crippen LogP contribution in [-0.4, -0.2) is 36.0 Å². The minimum atomic E-state index is -5.15. The van der Waals surface area contributed by atoms with Crippen molar-refractivity contribution >= 4 is 11.8 Å². The molecule has 1 fully saturated rings. The fourth-order valence-electron chi connectivity index (χ4n) is 3.77. The SMILES string of the molecule is COc1ccc(CN(C(=O)C(F)(F)F)[C@@H](C(=O)NC2CCCCC2)c2ccco2)cc1. The van der Waals surface area contributed by atoms with Gasteiger partial charge in [0, 0.05) is 12.6 Å². The topological polar surface area (TPSA) is 71.8 Å². The van der Waals surface area contributed by atoms with Gasteiger partial charge in [-0.1, -0.05) is 31.4 Å². The van der Waals surface area contributed by atoms with Gasteiger partial charge >= 0.3 is 12.1 Å². The van der Waals surface area contributed by atoms with Gasteiger partial charge in [0.25, 0.3) is 5.91 Å². The van der Waals surface area contributed by atoms with E-state index < -0.39 is 30.6 Å². The molecular formula is C22H25F3N2O4. The van der Waals surface area contributed by atoms with Crippen molar-refractivity contribution in [3.63, 3.8) is 0 Å². The smallest absolute Gasteiger partial charge is 0.471 e. The van der Waals surface area contributed by atoms with E-state index >= 15 is 0 Å². The Labute approximate surface area is 178 Å². The molecule has 168 valence electrons. The fourth-order valence-corrected chi connectivity index (χ4v) is 3.77. The van der Waals surface area contributed by atoms with Gasteiger partial charge in [-0.05, 0) is 42.7 Å². The number of carbonyl (C=O) groups excluding carboxylic acids is 2. The van der Waals surface area contributed by atoms with E-state index in [1.807, 2.05) is 0 Å². The maximum atomic E-state index is 13.5. The highest BCUT2D eigenvalue weighted by molar-refractivity contribution is 5.90. The van der Waals surface area contributed by atoms with E-state index in [1.54, 1.807) is 24.3 Å². The van der Waals surface area contributed by atoms with Crippen molar-refractivity contribution in [1.29, 1.82) is 0 Å². The molecule has 2 amide bonds. The van der Waals surface area contributed by atoms with Gasteiger partial charge in [0.2, 0.25) is 0 Å². The van der Waals surface area contributed by atoms with Crippen molar-refractivity contribution in [1.82, 2.24) is 10.2 Å². The lowest BCUT2D eigenvalue weighted by molar-refractivity contribution is -0.190. The normalized spacial score (nSPS) is 15.9. The minimum absolute atomic E-state index is 0.0283. The Morgan fingerprint density at radius 2 is 1.84 bits per heavy atom. The molecule has 0 bridgehead atoms. The van der Waals surface area contributed by atoms with Crippen molar-refractivity contribution in [3.8, 4) is 5.75 Å². The molecule has 9 heteroatoms. The number of nitrogens with zero attached hydrogens (tertiary/aromatic N) is 1. The second-order valence-electron chi connectivity index (χ2n) is 7.54. The fraction of sp³-hybridized carbons (Fsp3) is 0.455. The summed E-state index contributed by atoms with van der Waals surface area (Å²) in [6, 6.07) is 7.44. The first-order valence-electron chi connectivity index (χ1n) is 10.1. The van der Waals surface area contributed by atoms with Gasteiger partial charge < -0.3 is 19.4 Å². The third kappa shape index (κ3) is 5.80. The van der Waals surface area contributed by atoms with Crippen molar-refractivity contribution in [2.24, 2.45) is 0 Å². The quantitative estimate of drug-likeness (QED) is 0.697. The highest BCUT2D eigenvalue weighted by atomic mass is 19.4. The lowest BCUT2D eigenvalue weighted by atomic mass is 9.95. The van der Waals surface area contributed by atoms with Crippen LogP contribution in [0.4, 0.5) is 13.2 Å². The summed E-state index contributed by atoms with van der Waals surface area (Å²) in [6.45, 7) is -0.425. The molecular weight excluding hydrogens is 413 g/mol. The highest BCUT2D eigenvalue weighted by Gasteiger charge is 2.47. The molecule has 1 atom stereocenters. The monoisotopic (exact) mass is 438 g/mol. The number of ether oxygens (including phenoxy) is 1. The van der Waals surface area contributed by atoms with E-state index in [-0.39, 0.29) is 11.8 Å². The number of hydrogen-bond donors (Lipinski definition) is 1. The number of halogens is 3. The Hall–Kier alpha value is -2.97. The van der Waals surface area contributed by atoms with Crippen LogP contribution in [0.1, 0.15) is 49.5 Å². The number of hydrogen-bond acceptors (Lipinski definition) is 4. The van der Waals surface area contributed by atoms with Crippen LogP contribution in [0.15, 0.2) is 47.1 Å². The van der Waals surface area contributed by atoms with Crippen LogP contribution in [-0.2, 0) is 16.1 Å². The summed E-state index contributed by atoms with van der Waals surface area (Å²) in [6.07, 6.45) is 0.553. The highest BCUT2D eigenvalue weighted by Crippen LogP contribution is 2.30. The summed E-state index contributed by atoms with van der Waals surface area (Å²) < 4.78 is 50.8. The largest absolute Gasteiger partial charge is 0.497 e. The number of amides is 2. The molecule has 1 N–H and O–H groups in total. The van der Waals surface area contributed by atoms with Crippen LogP contribution in [0, 0.1) is 0 Å². The Kier molecular flexibility index (Phi) is 7.25.